The Morgan fingerprint density at radius 1 is 0.750 bits per heavy atom. The van der Waals surface area contributed by atoms with Gasteiger partial charge in [0.1, 0.15) is 0 Å². The lowest BCUT2D eigenvalue weighted by atomic mass is 10.2. The van der Waals surface area contributed by atoms with E-state index in [1.807, 2.05) is 0 Å². The van der Waals surface area contributed by atoms with Crippen LogP contribution in [-0.4, -0.2) is 43.6 Å². The molecule has 2 fully saturated rings. The van der Waals surface area contributed by atoms with Crippen molar-refractivity contribution in [1.82, 2.24) is 0 Å². The topological polar surface area (TPSA) is 70.2 Å². The smallest absolute Gasteiger partial charge is 0.0466 e. The van der Waals surface area contributed by atoms with E-state index >= 15 is 0 Å². The normalized spacial score (nSPS) is 19.1. The van der Waals surface area contributed by atoms with Crippen molar-refractivity contribution < 1.29 is 20.1 Å². The Morgan fingerprint density at radius 2 is 1.00 bits per heavy atom. The predicted octanol–water partition coefficient (Wildman–Crippen LogP) is 1.55. The molecule has 0 aromatic heterocycles. The summed E-state index contributed by atoms with van der Waals surface area (Å²) in [5.74, 6) is 0. The Hall–Kier alpha value is -0.160. The minimum absolute atomic E-state index is 0. The molecule has 4 nitrogen and oxygen atoms in total. The molecule has 16 heavy (non-hydrogen) atoms. The molecule has 2 rings (SSSR count). The Labute approximate surface area is 99.3 Å². The number of rotatable bonds is 0. The summed E-state index contributed by atoms with van der Waals surface area (Å²) in [5, 5.41) is 7.57. The summed E-state index contributed by atoms with van der Waals surface area (Å²) in [5.41, 5.74) is 0. The molecule has 0 unspecified atom stereocenters. The van der Waals surface area contributed by atoms with E-state index in [1.165, 1.54) is 38.5 Å². The Bertz CT molecular complexity index is 66.2. The predicted molar refractivity (Wildman–Crippen MR) is 65.7 cm³/mol. The van der Waals surface area contributed by atoms with Crippen LogP contribution in [0.25, 0.3) is 0 Å². The molecule has 3 N–H and O–H groups in total. The maximum atomic E-state index is 7.57. The lowest BCUT2D eigenvalue weighted by Gasteiger charge is -2.08. The highest BCUT2D eigenvalue weighted by Crippen LogP contribution is 2.02. The maximum absolute atomic E-state index is 7.57. The molecule has 0 aromatic carbocycles. The van der Waals surface area contributed by atoms with E-state index in [-0.39, 0.29) is 12.1 Å². The van der Waals surface area contributed by atoms with E-state index in [1.54, 1.807) is 6.92 Å². The van der Waals surface area contributed by atoms with Crippen molar-refractivity contribution in [2.24, 2.45) is 0 Å². The molecule has 2 saturated heterocycles. The molecule has 0 saturated carbocycles. The molecule has 0 aliphatic carbocycles. The van der Waals surface area contributed by atoms with Crippen LogP contribution in [0.2, 0.25) is 0 Å². The average molecular weight is 236 g/mol. The molecule has 0 aromatic rings. The van der Waals surface area contributed by atoms with Crippen LogP contribution < -0.4 is 0 Å². The molecule has 2 aliphatic heterocycles. The standard InChI is InChI=1S/2C5H10O.C2H6O.H2O/c2*1-2-4-6-5-3-1;1-2-3;/h2*1-5H2;3H,2H2,1H3;1H2. The number of aliphatic hydroxyl groups is 1. The van der Waals surface area contributed by atoms with Crippen LogP contribution in [0.15, 0.2) is 0 Å². The summed E-state index contributed by atoms with van der Waals surface area (Å²) in [6.07, 6.45) is 7.86. The fourth-order valence-electron chi connectivity index (χ4n) is 1.37. The molecule has 0 amide bonds. The second-order valence-corrected chi connectivity index (χ2v) is 3.66. The molecular weight excluding hydrogens is 208 g/mol. The third-order valence-electron chi connectivity index (χ3n) is 2.15. The zero-order valence-electron chi connectivity index (χ0n) is 10.5. The molecule has 0 bridgehead atoms. The van der Waals surface area contributed by atoms with Crippen molar-refractivity contribution in [3.8, 4) is 0 Å². The van der Waals surface area contributed by atoms with Crippen molar-refractivity contribution in [3.05, 3.63) is 0 Å². The second kappa shape index (κ2) is 17.2. The van der Waals surface area contributed by atoms with Gasteiger partial charge in [0.05, 0.1) is 0 Å². The van der Waals surface area contributed by atoms with Gasteiger partial charge in [0, 0.05) is 33.0 Å². The summed E-state index contributed by atoms with van der Waals surface area (Å²) in [6, 6.07) is 0. The Balaban J connectivity index is 0. The van der Waals surface area contributed by atoms with Gasteiger partial charge in [-0.1, -0.05) is 0 Å². The van der Waals surface area contributed by atoms with E-state index in [4.69, 9.17) is 14.6 Å². The quantitative estimate of drug-likeness (QED) is 0.693. The first kappa shape index (κ1) is 18.2. The van der Waals surface area contributed by atoms with Crippen LogP contribution in [0.1, 0.15) is 45.4 Å². The summed E-state index contributed by atoms with van der Waals surface area (Å²) in [6.45, 7) is 5.93. The van der Waals surface area contributed by atoms with Gasteiger partial charge in [0.15, 0.2) is 0 Å². The molecular formula is C12H28O4. The van der Waals surface area contributed by atoms with Crippen molar-refractivity contribution in [2.45, 2.75) is 45.4 Å². The summed E-state index contributed by atoms with van der Waals surface area (Å²) in [7, 11) is 0. The largest absolute Gasteiger partial charge is 0.412 e. The van der Waals surface area contributed by atoms with Gasteiger partial charge in [-0.25, -0.2) is 0 Å². The Kier molecular flexibility index (Phi) is 19.6. The van der Waals surface area contributed by atoms with Crippen LogP contribution in [-0.2, 0) is 9.47 Å². The van der Waals surface area contributed by atoms with Gasteiger partial charge in [-0.3, -0.25) is 0 Å². The zero-order valence-corrected chi connectivity index (χ0v) is 10.5. The van der Waals surface area contributed by atoms with Gasteiger partial charge < -0.3 is 20.1 Å². The number of aliphatic hydroxyl groups excluding tert-OH is 1. The molecule has 4 heteroatoms. The number of hydrogen-bond donors (Lipinski definition) is 1. The van der Waals surface area contributed by atoms with Crippen LogP contribution in [0.3, 0.4) is 0 Å². The van der Waals surface area contributed by atoms with Crippen molar-refractivity contribution in [1.29, 1.82) is 0 Å². The van der Waals surface area contributed by atoms with Crippen LogP contribution in [0, 0.1) is 0 Å². The van der Waals surface area contributed by atoms with Gasteiger partial charge in [-0.15, -0.1) is 0 Å². The maximum Gasteiger partial charge on any atom is 0.0466 e. The third-order valence-corrected chi connectivity index (χ3v) is 2.15. The molecule has 100 valence electrons. The highest BCUT2D eigenvalue weighted by molar-refractivity contribution is 4.45. The average Bonchev–Trinajstić information content (AvgIpc) is 2.35. The fraction of sp³-hybridized carbons (Fsp3) is 1.00. The van der Waals surface area contributed by atoms with Gasteiger partial charge in [0.2, 0.25) is 0 Å². The van der Waals surface area contributed by atoms with Gasteiger partial charge in [0.25, 0.3) is 0 Å². The van der Waals surface area contributed by atoms with E-state index < -0.39 is 0 Å². The highest BCUT2D eigenvalue weighted by atomic mass is 16.5. The number of ether oxygens (including phenoxy) is 2. The number of hydrogen-bond acceptors (Lipinski definition) is 3. The fourth-order valence-corrected chi connectivity index (χ4v) is 1.37. The second-order valence-electron chi connectivity index (χ2n) is 3.66. The molecule has 0 atom stereocenters. The lowest BCUT2D eigenvalue weighted by Crippen LogP contribution is -2.03. The van der Waals surface area contributed by atoms with Gasteiger partial charge >= 0.3 is 0 Å². The van der Waals surface area contributed by atoms with Gasteiger partial charge in [-0.05, 0) is 45.4 Å². The lowest BCUT2D eigenvalue weighted by molar-refractivity contribution is 0.0967. The van der Waals surface area contributed by atoms with Crippen molar-refractivity contribution in [3.63, 3.8) is 0 Å². The van der Waals surface area contributed by atoms with Crippen LogP contribution >= 0.6 is 0 Å². The molecule has 0 spiro atoms. The summed E-state index contributed by atoms with van der Waals surface area (Å²) in [4.78, 5) is 0. The van der Waals surface area contributed by atoms with Crippen LogP contribution in [0.4, 0.5) is 0 Å². The van der Waals surface area contributed by atoms with E-state index in [9.17, 15) is 0 Å². The minimum Gasteiger partial charge on any atom is -0.412 e. The molecule has 0 radical (unpaired) electrons. The zero-order chi connectivity index (χ0) is 11.2. The first-order chi connectivity index (χ1) is 7.41. The van der Waals surface area contributed by atoms with E-state index in [0.29, 0.717) is 0 Å². The van der Waals surface area contributed by atoms with Crippen molar-refractivity contribution >= 4 is 0 Å². The molecule has 2 heterocycles. The SMILES string of the molecule is C1CCOCC1.C1CCOCC1.CCO.O. The monoisotopic (exact) mass is 236 g/mol. The molecule has 2 aliphatic rings. The van der Waals surface area contributed by atoms with E-state index in [2.05, 4.69) is 0 Å². The van der Waals surface area contributed by atoms with Gasteiger partial charge in [-0.2, -0.15) is 0 Å². The highest BCUT2D eigenvalue weighted by Gasteiger charge is 1.95. The minimum atomic E-state index is 0. The first-order valence-electron chi connectivity index (χ1n) is 6.18. The third kappa shape index (κ3) is 16.3. The summed E-state index contributed by atoms with van der Waals surface area (Å²) < 4.78 is 10.1. The van der Waals surface area contributed by atoms with E-state index in [0.717, 1.165) is 26.4 Å². The van der Waals surface area contributed by atoms with Crippen LogP contribution in [0.5, 0.6) is 0 Å². The Morgan fingerprint density at radius 3 is 1.06 bits per heavy atom. The van der Waals surface area contributed by atoms with Crippen molar-refractivity contribution in [2.75, 3.05) is 33.0 Å². The first-order valence-corrected chi connectivity index (χ1v) is 6.18. The summed E-state index contributed by atoms with van der Waals surface area (Å²) >= 11 is 0.